The predicted octanol–water partition coefficient (Wildman–Crippen LogP) is 10.8. The van der Waals surface area contributed by atoms with Gasteiger partial charge < -0.3 is 15.3 Å². The highest BCUT2D eigenvalue weighted by atomic mass is 16.4. The molecule has 0 aliphatic rings. The maximum atomic E-state index is 10.3. The van der Waals surface area contributed by atoms with Crippen LogP contribution in [0.2, 0.25) is 0 Å². The molecule has 0 aromatic carbocycles. The minimum atomic E-state index is -0.655. The predicted molar refractivity (Wildman–Crippen MR) is 166 cm³/mol. The molecule has 0 unspecified atom stereocenters. The summed E-state index contributed by atoms with van der Waals surface area (Å²) in [5.41, 5.74) is 0. The molecule has 0 aliphatic heterocycles. The van der Waals surface area contributed by atoms with E-state index < -0.39 is 5.97 Å². The standard InChI is InChI=1S/C18H38O2.C16H32O2/c19-17-15-13-11-9-7-5-3-1-2-4-6-8-10-12-14-16-18-20;1-2-3-4-5-6-7-8-9-10-11-12-13-14-15-16(17)18/h19-20H,1-18H2;2-15H2,1H3,(H,17,18). The summed E-state index contributed by atoms with van der Waals surface area (Å²) in [5, 5.41) is 25.8. The molecule has 38 heavy (non-hydrogen) atoms. The van der Waals surface area contributed by atoms with Gasteiger partial charge in [0.15, 0.2) is 0 Å². The molecule has 0 radical (unpaired) electrons. The lowest BCUT2D eigenvalue weighted by atomic mass is 10.0. The Hall–Kier alpha value is -0.610. The van der Waals surface area contributed by atoms with Gasteiger partial charge in [-0.2, -0.15) is 0 Å². The van der Waals surface area contributed by atoms with E-state index in [0.29, 0.717) is 19.6 Å². The summed E-state index contributed by atoms with van der Waals surface area (Å²) < 4.78 is 0. The summed E-state index contributed by atoms with van der Waals surface area (Å²) in [7, 11) is 0. The summed E-state index contributed by atoms with van der Waals surface area (Å²) in [6.07, 6.45) is 38.2. The van der Waals surface area contributed by atoms with Crippen molar-refractivity contribution in [2.75, 3.05) is 13.2 Å². The Morgan fingerprint density at radius 1 is 0.368 bits per heavy atom. The molecule has 0 spiro atoms. The molecule has 0 bridgehead atoms. The third kappa shape index (κ3) is 42.5. The molecule has 0 atom stereocenters. The van der Waals surface area contributed by atoms with Gasteiger partial charge in [-0.05, 0) is 19.3 Å². The lowest BCUT2D eigenvalue weighted by molar-refractivity contribution is -0.137. The van der Waals surface area contributed by atoms with Gasteiger partial charge >= 0.3 is 5.97 Å². The van der Waals surface area contributed by atoms with Crippen molar-refractivity contribution in [3.63, 3.8) is 0 Å². The fourth-order valence-electron chi connectivity index (χ4n) is 4.99. The molecule has 0 rings (SSSR count). The first-order chi connectivity index (χ1) is 18.7. The van der Waals surface area contributed by atoms with E-state index in [2.05, 4.69) is 6.92 Å². The number of carboxylic acid groups (broad SMARTS) is 1. The molecule has 0 saturated heterocycles. The molecule has 0 amide bonds. The third-order valence-electron chi connectivity index (χ3n) is 7.56. The van der Waals surface area contributed by atoms with Crippen LogP contribution in [0.5, 0.6) is 0 Å². The van der Waals surface area contributed by atoms with Crippen LogP contribution in [0.3, 0.4) is 0 Å². The normalized spacial score (nSPS) is 10.9. The van der Waals surface area contributed by atoms with Crippen LogP contribution >= 0.6 is 0 Å². The van der Waals surface area contributed by atoms with Crippen LogP contribution in [0.25, 0.3) is 0 Å². The van der Waals surface area contributed by atoms with Gasteiger partial charge in [0.05, 0.1) is 0 Å². The summed E-state index contributed by atoms with van der Waals surface area (Å²) in [6.45, 7) is 2.99. The topological polar surface area (TPSA) is 77.8 Å². The first kappa shape index (κ1) is 39.5. The molecule has 0 aromatic rings. The van der Waals surface area contributed by atoms with Crippen molar-refractivity contribution in [2.24, 2.45) is 0 Å². The Kier molecular flexibility index (Phi) is 40.1. The zero-order chi connectivity index (χ0) is 28.2. The molecule has 0 aromatic heterocycles. The van der Waals surface area contributed by atoms with E-state index in [1.54, 1.807) is 0 Å². The number of aliphatic hydroxyl groups excluding tert-OH is 2. The van der Waals surface area contributed by atoms with E-state index in [4.69, 9.17) is 15.3 Å². The lowest BCUT2D eigenvalue weighted by Gasteiger charge is -2.03. The third-order valence-corrected chi connectivity index (χ3v) is 7.56. The zero-order valence-electron chi connectivity index (χ0n) is 25.9. The molecule has 4 heteroatoms. The van der Waals surface area contributed by atoms with E-state index in [9.17, 15) is 4.79 Å². The Morgan fingerprint density at radius 2 is 0.579 bits per heavy atom. The number of aliphatic carboxylic acids is 1. The largest absolute Gasteiger partial charge is 0.481 e. The number of hydrogen-bond acceptors (Lipinski definition) is 3. The van der Waals surface area contributed by atoms with E-state index in [1.807, 2.05) is 0 Å². The number of carboxylic acids is 1. The van der Waals surface area contributed by atoms with Gasteiger partial charge in [-0.25, -0.2) is 0 Å². The van der Waals surface area contributed by atoms with Gasteiger partial charge in [0.25, 0.3) is 0 Å². The quantitative estimate of drug-likeness (QED) is 0.0761. The molecular weight excluding hydrogens is 472 g/mol. The van der Waals surface area contributed by atoms with Gasteiger partial charge in [-0.1, -0.05) is 174 Å². The van der Waals surface area contributed by atoms with E-state index in [-0.39, 0.29) is 0 Å². The van der Waals surface area contributed by atoms with Crippen LogP contribution in [-0.4, -0.2) is 34.5 Å². The van der Waals surface area contributed by atoms with Crippen molar-refractivity contribution in [1.82, 2.24) is 0 Å². The number of hydrogen-bond donors (Lipinski definition) is 3. The van der Waals surface area contributed by atoms with E-state index in [0.717, 1.165) is 25.7 Å². The molecule has 0 fully saturated rings. The number of unbranched alkanes of at least 4 members (excludes halogenated alkanes) is 27. The second-order valence-corrected chi connectivity index (χ2v) is 11.5. The van der Waals surface area contributed by atoms with E-state index >= 15 is 0 Å². The van der Waals surface area contributed by atoms with Gasteiger partial charge in [0.2, 0.25) is 0 Å². The molecular formula is C34H70O4. The fourth-order valence-corrected chi connectivity index (χ4v) is 4.99. The van der Waals surface area contributed by atoms with Crippen LogP contribution in [0, 0.1) is 0 Å². The lowest BCUT2D eigenvalue weighted by Crippen LogP contribution is -1.93. The van der Waals surface area contributed by atoms with Crippen LogP contribution in [-0.2, 0) is 4.79 Å². The highest BCUT2D eigenvalue weighted by Gasteiger charge is 1.97. The average molecular weight is 543 g/mol. The Bertz CT molecular complexity index is 395. The van der Waals surface area contributed by atoms with Crippen LogP contribution < -0.4 is 0 Å². The SMILES string of the molecule is CCCCCCCCCCCCCCCC(=O)O.OCCCCCCCCCCCCCCCCCCO. The minimum absolute atomic E-state index is 0.345. The highest BCUT2D eigenvalue weighted by Crippen LogP contribution is 2.14. The summed E-state index contributed by atoms with van der Waals surface area (Å²) >= 11 is 0. The van der Waals surface area contributed by atoms with Crippen molar-refractivity contribution in [1.29, 1.82) is 0 Å². The van der Waals surface area contributed by atoms with Gasteiger partial charge in [-0.15, -0.1) is 0 Å². The Labute approximate surface area is 238 Å². The molecule has 0 aliphatic carbocycles. The Balaban J connectivity index is 0. The van der Waals surface area contributed by atoms with Crippen molar-refractivity contribution in [2.45, 2.75) is 200 Å². The maximum absolute atomic E-state index is 10.3. The first-order valence-corrected chi connectivity index (χ1v) is 17.1. The monoisotopic (exact) mass is 543 g/mol. The minimum Gasteiger partial charge on any atom is -0.481 e. The smallest absolute Gasteiger partial charge is 0.303 e. The Morgan fingerprint density at radius 3 is 0.789 bits per heavy atom. The number of rotatable bonds is 31. The van der Waals surface area contributed by atoms with Crippen LogP contribution in [0.15, 0.2) is 0 Å². The zero-order valence-corrected chi connectivity index (χ0v) is 25.9. The van der Waals surface area contributed by atoms with Gasteiger partial charge in [0, 0.05) is 19.6 Å². The highest BCUT2D eigenvalue weighted by molar-refractivity contribution is 5.66. The second kappa shape index (κ2) is 38.5. The molecule has 0 saturated carbocycles. The van der Waals surface area contributed by atoms with Crippen molar-refractivity contribution >= 4 is 5.97 Å². The summed E-state index contributed by atoms with van der Waals surface area (Å²) in [6, 6.07) is 0. The first-order valence-electron chi connectivity index (χ1n) is 17.1. The van der Waals surface area contributed by atoms with Crippen molar-refractivity contribution in [3.8, 4) is 0 Å². The second-order valence-electron chi connectivity index (χ2n) is 11.5. The molecule has 3 N–H and O–H groups in total. The van der Waals surface area contributed by atoms with Crippen molar-refractivity contribution in [3.05, 3.63) is 0 Å². The molecule has 0 heterocycles. The maximum Gasteiger partial charge on any atom is 0.303 e. The summed E-state index contributed by atoms with van der Waals surface area (Å²) in [4.78, 5) is 10.3. The van der Waals surface area contributed by atoms with Crippen LogP contribution in [0.1, 0.15) is 200 Å². The van der Waals surface area contributed by atoms with Gasteiger partial charge in [0.1, 0.15) is 0 Å². The average Bonchev–Trinajstić information content (AvgIpc) is 2.91. The van der Waals surface area contributed by atoms with E-state index in [1.165, 1.54) is 161 Å². The van der Waals surface area contributed by atoms with Crippen LogP contribution in [0.4, 0.5) is 0 Å². The fraction of sp³-hybridized carbons (Fsp3) is 0.971. The summed E-state index contributed by atoms with van der Waals surface area (Å²) in [5.74, 6) is -0.655. The van der Waals surface area contributed by atoms with Crippen molar-refractivity contribution < 1.29 is 20.1 Å². The number of carbonyl (C=O) groups is 1. The number of aliphatic hydroxyl groups is 2. The van der Waals surface area contributed by atoms with Gasteiger partial charge in [-0.3, -0.25) is 4.79 Å². The molecule has 230 valence electrons. The molecule has 4 nitrogen and oxygen atoms in total.